The summed E-state index contributed by atoms with van der Waals surface area (Å²) < 4.78 is 2.39. The first-order valence-corrected chi connectivity index (χ1v) is 4.63. The Kier molecular flexibility index (Phi) is 2.28. The average Bonchev–Trinajstić information content (AvgIpc) is 2.62. The van der Waals surface area contributed by atoms with Gasteiger partial charge in [-0.3, -0.25) is 0 Å². The standard InChI is InChI=1S/C7H4BrClN4/c8-6-2-1-5(3-7(6)9)13-4-10-11-12-13/h1-4H. The molecule has 1 aromatic carbocycles. The van der Waals surface area contributed by atoms with E-state index in [1.807, 2.05) is 12.1 Å². The fraction of sp³-hybridized carbons (Fsp3) is 0. The first kappa shape index (κ1) is 8.65. The van der Waals surface area contributed by atoms with E-state index in [9.17, 15) is 0 Å². The molecule has 0 radical (unpaired) electrons. The zero-order chi connectivity index (χ0) is 9.26. The van der Waals surface area contributed by atoms with Crippen LogP contribution in [-0.4, -0.2) is 20.2 Å². The van der Waals surface area contributed by atoms with Crippen molar-refractivity contribution < 1.29 is 0 Å². The summed E-state index contributed by atoms with van der Waals surface area (Å²) in [6.45, 7) is 0. The Morgan fingerprint density at radius 3 is 2.85 bits per heavy atom. The highest BCUT2D eigenvalue weighted by molar-refractivity contribution is 9.10. The highest BCUT2D eigenvalue weighted by Gasteiger charge is 2.01. The quantitative estimate of drug-likeness (QED) is 0.787. The van der Waals surface area contributed by atoms with Gasteiger partial charge in [-0.2, -0.15) is 0 Å². The summed E-state index contributed by atoms with van der Waals surface area (Å²) in [5, 5.41) is 11.4. The smallest absolute Gasteiger partial charge is 0.143 e. The highest BCUT2D eigenvalue weighted by Crippen LogP contribution is 2.24. The lowest BCUT2D eigenvalue weighted by atomic mass is 10.3. The molecule has 0 saturated carbocycles. The van der Waals surface area contributed by atoms with E-state index in [1.54, 1.807) is 10.7 Å². The van der Waals surface area contributed by atoms with Gasteiger partial charge in [-0.1, -0.05) is 11.6 Å². The Morgan fingerprint density at radius 2 is 2.23 bits per heavy atom. The Morgan fingerprint density at radius 1 is 1.38 bits per heavy atom. The second kappa shape index (κ2) is 3.43. The third-order valence-corrected chi connectivity index (χ3v) is 2.75. The third kappa shape index (κ3) is 1.71. The maximum Gasteiger partial charge on any atom is 0.143 e. The molecule has 0 bridgehead atoms. The first-order chi connectivity index (χ1) is 6.27. The molecule has 0 fully saturated rings. The number of rotatable bonds is 1. The number of nitrogens with zero attached hydrogens (tertiary/aromatic N) is 4. The SMILES string of the molecule is Clc1cc(-n2cnnn2)ccc1Br. The summed E-state index contributed by atoms with van der Waals surface area (Å²) in [5.74, 6) is 0. The molecule has 0 saturated heterocycles. The number of benzene rings is 1. The van der Waals surface area contributed by atoms with Gasteiger partial charge in [0.1, 0.15) is 6.33 Å². The molecule has 4 nitrogen and oxygen atoms in total. The predicted octanol–water partition coefficient (Wildman–Crippen LogP) is 2.08. The van der Waals surface area contributed by atoms with Crippen molar-refractivity contribution in [2.45, 2.75) is 0 Å². The monoisotopic (exact) mass is 258 g/mol. The number of aromatic nitrogens is 4. The van der Waals surface area contributed by atoms with Gasteiger partial charge in [-0.15, -0.1) is 5.10 Å². The first-order valence-electron chi connectivity index (χ1n) is 3.46. The van der Waals surface area contributed by atoms with Crippen LogP contribution in [0.3, 0.4) is 0 Å². The zero-order valence-corrected chi connectivity index (χ0v) is 8.70. The number of hydrogen-bond acceptors (Lipinski definition) is 3. The lowest BCUT2D eigenvalue weighted by Gasteiger charge is -2.00. The summed E-state index contributed by atoms with van der Waals surface area (Å²) >= 11 is 9.20. The van der Waals surface area contributed by atoms with Crippen LogP contribution in [0.1, 0.15) is 0 Å². The lowest BCUT2D eigenvalue weighted by Crippen LogP contribution is -1.94. The van der Waals surface area contributed by atoms with Crippen molar-refractivity contribution in [2.24, 2.45) is 0 Å². The molecule has 13 heavy (non-hydrogen) atoms. The molecule has 66 valence electrons. The predicted molar refractivity (Wildman–Crippen MR) is 51.9 cm³/mol. The fourth-order valence-electron chi connectivity index (χ4n) is 0.907. The maximum absolute atomic E-state index is 5.90. The van der Waals surface area contributed by atoms with Crippen LogP contribution >= 0.6 is 27.5 Å². The van der Waals surface area contributed by atoms with Gasteiger partial charge in [-0.05, 0) is 44.6 Å². The molecule has 2 aromatic rings. The summed E-state index contributed by atoms with van der Waals surface area (Å²) in [6, 6.07) is 5.49. The zero-order valence-electron chi connectivity index (χ0n) is 6.35. The molecule has 2 rings (SSSR count). The Balaban J connectivity index is 2.49. The molecule has 0 aliphatic heterocycles. The Hall–Kier alpha value is -0.940. The van der Waals surface area contributed by atoms with Crippen LogP contribution in [0.5, 0.6) is 0 Å². The van der Waals surface area contributed by atoms with Crippen LogP contribution in [0.15, 0.2) is 29.0 Å². The Bertz CT molecular complexity index is 414. The molecule has 0 amide bonds. The van der Waals surface area contributed by atoms with Crippen molar-refractivity contribution in [2.75, 3.05) is 0 Å². The topological polar surface area (TPSA) is 43.6 Å². The van der Waals surface area contributed by atoms with E-state index in [-0.39, 0.29) is 0 Å². The average molecular weight is 259 g/mol. The van der Waals surface area contributed by atoms with Gasteiger partial charge in [0, 0.05) is 4.47 Å². The number of hydrogen-bond donors (Lipinski definition) is 0. The molecule has 1 aromatic heterocycles. The second-order valence-corrected chi connectivity index (χ2v) is 3.61. The molecule has 0 aliphatic carbocycles. The van der Waals surface area contributed by atoms with E-state index in [4.69, 9.17) is 11.6 Å². The molecule has 6 heteroatoms. The van der Waals surface area contributed by atoms with Crippen molar-refractivity contribution in [1.29, 1.82) is 0 Å². The van der Waals surface area contributed by atoms with Crippen molar-refractivity contribution in [3.63, 3.8) is 0 Å². The molecule has 0 N–H and O–H groups in total. The van der Waals surface area contributed by atoms with Crippen molar-refractivity contribution in [3.8, 4) is 5.69 Å². The number of halogens is 2. The third-order valence-electron chi connectivity index (χ3n) is 1.52. The van der Waals surface area contributed by atoms with Gasteiger partial charge in [0.15, 0.2) is 0 Å². The highest BCUT2D eigenvalue weighted by atomic mass is 79.9. The largest absolute Gasteiger partial charge is 0.201 e. The number of tetrazole rings is 1. The maximum atomic E-state index is 5.90. The van der Waals surface area contributed by atoms with Crippen LogP contribution in [0, 0.1) is 0 Å². The van der Waals surface area contributed by atoms with Gasteiger partial charge in [0.25, 0.3) is 0 Å². The van der Waals surface area contributed by atoms with Gasteiger partial charge in [-0.25, -0.2) is 4.68 Å². The minimum absolute atomic E-state index is 0.632. The van der Waals surface area contributed by atoms with Gasteiger partial charge in [0.2, 0.25) is 0 Å². The second-order valence-electron chi connectivity index (χ2n) is 2.35. The lowest BCUT2D eigenvalue weighted by molar-refractivity contribution is 0.789. The molecular weight excluding hydrogens is 255 g/mol. The van der Waals surface area contributed by atoms with Gasteiger partial charge in [0.05, 0.1) is 10.7 Å². The van der Waals surface area contributed by atoms with Crippen molar-refractivity contribution >= 4 is 27.5 Å². The van der Waals surface area contributed by atoms with Crippen LogP contribution in [0.25, 0.3) is 5.69 Å². The molecule has 0 atom stereocenters. The minimum Gasteiger partial charge on any atom is -0.201 e. The molecule has 0 aliphatic rings. The summed E-state index contributed by atoms with van der Waals surface area (Å²) in [5.41, 5.74) is 0.832. The Labute approximate surface area is 87.6 Å². The van der Waals surface area contributed by atoms with Crippen LogP contribution in [-0.2, 0) is 0 Å². The summed E-state index contributed by atoms with van der Waals surface area (Å²) in [7, 11) is 0. The molecule has 0 unspecified atom stereocenters. The van der Waals surface area contributed by atoms with E-state index >= 15 is 0 Å². The minimum atomic E-state index is 0.632. The summed E-state index contributed by atoms with van der Waals surface area (Å²) in [4.78, 5) is 0. The van der Waals surface area contributed by atoms with Gasteiger partial charge < -0.3 is 0 Å². The molecule has 1 heterocycles. The van der Waals surface area contributed by atoms with E-state index in [0.29, 0.717) is 5.02 Å². The van der Waals surface area contributed by atoms with Crippen LogP contribution in [0.4, 0.5) is 0 Å². The normalized spacial score (nSPS) is 10.3. The van der Waals surface area contributed by atoms with Crippen LogP contribution < -0.4 is 0 Å². The van der Waals surface area contributed by atoms with Crippen LogP contribution in [0.2, 0.25) is 5.02 Å². The van der Waals surface area contributed by atoms with Gasteiger partial charge >= 0.3 is 0 Å². The van der Waals surface area contributed by atoms with Crippen molar-refractivity contribution in [1.82, 2.24) is 20.2 Å². The van der Waals surface area contributed by atoms with Crippen molar-refractivity contribution in [3.05, 3.63) is 34.0 Å². The molecule has 0 spiro atoms. The van der Waals surface area contributed by atoms with E-state index in [1.165, 1.54) is 6.33 Å². The van der Waals surface area contributed by atoms with E-state index in [2.05, 4.69) is 31.5 Å². The molecular formula is C7H4BrClN4. The summed E-state index contributed by atoms with van der Waals surface area (Å²) in [6.07, 6.45) is 1.51. The van der Waals surface area contributed by atoms with E-state index in [0.717, 1.165) is 10.2 Å². The van der Waals surface area contributed by atoms with E-state index < -0.39 is 0 Å². The fourth-order valence-corrected chi connectivity index (χ4v) is 1.33.